The van der Waals surface area contributed by atoms with Gasteiger partial charge in [-0.25, -0.2) is 0 Å². The van der Waals surface area contributed by atoms with Crippen LogP contribution in [-0.4, -0.2) is 35.9 Å². The predicted molar refractivity (Wildman–Crippen MR) is 85.9 cm³/mol. The molecule has 1 N–H and O–H groups in total. The highest BCUT2D eigenvalue weighted by molar-refractivity contribution is 6.30. The minimum Gasteiger partial charge on any atom is -0.493 e. The Kier molecular flexibility index (Phi) is 4.71. The lowest BCUT2D eigenvalue weighted by Crippen LogP contribution is -2.38. The molecule has 2 heterocycles. The molecule has 7 heteroatoms. The fraction of sp³-hybridized carbons (Fsp3) is 0.375. The maximum atomic E-state index is 12.3. The summed E-state index contributed by atoms with van der Waals surface area (Å²) in [6.45, 7) is 1.43. The zero-order valence-electron chi connectivity index (χ0n) is 12.8. The molecular weight excluding hydrogens is 318 g/mol. The Morgan fingerprint density at radius 2 is 2.43 bits per heavy atom. The molecule has 0 fully saturated rings. The van der Waals surface area contributed by atoms with Crippen molar-refractivity contribution in [2.75, 3.05) is 20.3 Å². The Balaban J connectivity index is 1.54. The van der Waals surface area contributed by atoms with Gasteiger partial charge in [-0.3, -0.25) is 9.48 Å². The molecule has 1 amide bonds. The summed E-state index contributed by atoms with van der Waals surface area (Å²) in [5, 5.41) is 7.57. The van der Waals surface area contributed by atoms with Crippen molar-refractivity contribution in [1.29, 1.82) is 0 Å². The molecule has 1 aromatic heterocycles. The summed E-state index contributed by atoms with van der Waals surface area (Å²) in [4.78, 5) is 12.3. The van der Waals surface area contributed by atoms with E-state index in [0.29, 0.717) is 36.9 Å². The van der Waals surface area contributed by atoms with Crippen LogP contribution in [0.25, 0.3) is 0 Å². The first-order valence-electron chi connectivity index (χ1n) is 7.41. The third-order valence-electron chi connectivity index (χ3n) is 3.79. The van der Waals surface area contributed by atoms with Crippen molar-refractivity contribution in [2.45, 2.75) is 13.0 Å². The molecule has 0 aliphatic carbocycles. The third kappa shape index (κ3) is 3.59. The van der Waals surface area contributed by atoms with Crippen molar-refractivity contribution < 1.29 is 14.3 Å². The number of carbonyl (C=O) groups excluding carboxylic acids is 1. The Hall–Kier alpha value is -2.21. The van der Waals surface area contributed by atoms with Gasteiger partial charge in [-0.1, -0.05) is 23.7 Å². The number of nitrogens with zero attached hydrogens (tertiary/aromatic N) is 2. The van der Waals surface area contributed by atoms with E-state index in [-0.39, 0.29) is 11.8 Å². The fourth-order valence-electron chi connectivity index (χ4n) is 2.62. The summed E-state index contributed by atoms with van der Waals surface area (Å²) in [5.41, 5.74) is 0.995. The second-order valence-electron chi connectivity index (χ2n) is 5.37. The van der Waals surface area contributed by atoms with Crippen LogP contribution in [0.1, 0.15) is 5.56 Å². The minimum atomic E-state index is -0.198. The molecule has 0 spiro atoms. The summed E-state index contributed by atoms with van der Waals surface area (Å²) >= 11 is 5.80. The topological polar surface area (TPSA) is 65.4 Å². The number of ether oxygens (including phenoxy) is 2. The summed E-state index contributed by atoms with van der Waals surface area (Å²) in [5.74, 6) is 1.23. The van der Waals surface area contributed by atoms with Gasteiger partial charge in [-0.15, -0.1) is 0 Å². The molecule has 1 atom stereocenters. The van der Waals surface area contributed by atoms with E-state index in [1.165, 1.54) is 0 Å². The molecule has 1 aliphatic heterocycles. The first-order valence-corrected chi connectivity index (χ1v) is 7.79. The van der Waals surface area contributed by atoms with Crippen LogP contribution >= 0.6 is 11.6 Å². The second-order valence-corrected chi connectivity index (χ2v) is 5.81. The summed E-state index contributed by atoms with van der Waals surface area (Å²) in [6, 6.07) is 5.72. The maximum Gasteiger partial charge on any atom is 0.226 e. The van der Waals surface area contributed by atoms with E-state index in [1.54, 1.807) is 24.2 Å². The van der Waals surface area contributed by atoms with E-state index in [2.05, 4.69) is 10.4 Å². The van der Waals surface area contributed by atoms with Gasteiger partial charge in [-0.05, 0) is 18.1 Å². The summed E-state index contributed by atoms with van der Waals surface area (Å²) < 4.78 is 12.7. The number of halogens is 1. The van der Waals surface area contributed by atoms with E-state index < -0.39 is 0 Å². The van der Waals surface area contributed by atoms with Crippen molar-refractivity contribution in [2.24, 2.45) is 5.92 Å². The summed E-state index contributed by atoms with van der Waals surface area (Å²) in [6.07, 6.45) is 3.94. The average molecular weight is 336 g/mol. The Morgan fingerprint density at radius 1 is 1.57 bits per heavy atom. The molecule has 0 unspecified atom stereocenters. The molecule has 3 rings (SSSR count). The Labute approximate surface area is 139 Å². The number of amides is 1. The molecule has 2 aromatic rings. The van der Waals surface area contributed by atoms with E-state index >= 15 is 0 Å². The van der Waals surface area contributed by atoms with E-state index in [0.717, 1.165) is 11.3 Å². The molecule has 1 aliphatic rings. The fourth-order valence-corrected chi connectivity index (χ4v) is 2.78. The summed E-state index contributed by atoms with van der Waals surface area (Å²) in [7, 11) is 1.61. The predicted octanol–water partition coefficient (Wildman–Crippen LogP) is 1.91. The molecule has 0 saturated heterocycles. The first kappa shape index (κ1) is 15.7. The van der Waals surface area contributed by atoms with Crippen molar-refractivity contribution in [3.8, 4) is 11.5 Å². The van der Waals surface area contributed by atoms with Gasteiger partial charge >= 0.3 is 0 Å². The van der Waals surface area contributed by atoms with E-state index in [1.807, 2.05) is 18.2 Å². The number of fused-ring (bicyclic) bond motifs is 1. The molecule has 0 radical (unpaired) electrons. The number of carbonyl (C=O) groups is 1. The van der Waals surface area contributed by atoms with Gasteiger partial charge in [0.15, 0.2) is 11.5 Å². The number of methoxy groups -OCH3 is 1. The van der Waals surface area contributed by atoms with Crippen LogP contribution in [0.5, 0.6) is 11.5 Å². The average Bonchev–Trinajstić information content (AvgIpc) is 2.99. The van der Waals surface area contributed by atoms with Crippen LogP contribution in [0.2, 0.25) is 5.02 Å². The van der Waals surface area contributed by atoms with Gasteiger partial charge in [-0.2, -0.15) is 5.10 Å². The molecule has 122 valence electrons. The highest BCUT2D eigenvalue weighted by atomic mass is 35.5. The number of aromatic nitrogens is 2. The van der Waals surface area contributed by atoms with Crippen molar-refractivity contribution in [3.05, 3.63) is 41.2 Å². The van der Waals surface area contributed by atoms with Crippen LogP contribution in [-0.2, 0) is 17.8 Å². The van der Waals surface area contributed by atoms with Crippen LogP contribution in [0.15, 0.2) is 30.6 Å². The molecular formula is C16H18ClN3O3. The van der Waals surface area contributed by atoms with Crippen LogP contribution in [0, 0.1) is 5.92 Å². The maximum absolute atomic E-state index is 12.3. The SMILES string of the molecule is COc1cccc2c1OC[C@@H](C(=O)NCCn1cc(Cl)cn1)C2. The van der Waals surface area contributed by atoms with Gasteiger partial charge in [0, 0.05) is 12.7 Å². The monoisotopic (exact) mass is 335 g/mol. The van der Waals surface area contributed by atoms with Crippen molar-refractivity contribution in [3.63, 3.8) is 0 Å². The normalized spacial score (nSPS) is 16.3. The van der Waals surface area contributed by atoms with Gasteiger partial charge in [0.25, 0.3) is 0 Å². The molecule has 0 bridgehead atoms. The molecule has 0 saturated carbocycles. The number of hydrogen-bond donors (Lipinski definition) is 1. The Bertz CT molecular complexity index is 702. The number of hydrogen-bond acceptors (Lipinski definition) is 4. The smallest absolute Gasteiger partial charge is 0.226 e. The molecule has 1 aromatic carbocycles. The largest absolute Gasteiger partial charge is 0.493 e. The second kappa shape index (κ2) is 6.91. The quantitative estimate of drug-likeness (QED) is 0.906. The standard InChI is InChI=1S/C16H18ClN3O3/c1-22-14-4-2-3-11-7-12(10-23-15(11)14)16(21)18-5-6-20-9-13(17)8-19-20/h2-4,8-9,12H,5-7,10H2,1H3,(H,18,21)/t12-/m0/s1. The number of benzene rings is 1. The Morgan fingerprint density at radius 3 is 3.17 bits per heavy atom. The molecule has 6 nitrogen and oxygen atoms in total. The number of nitrogens with one attached hydrogen (secondary N) is 1. The van der Waals surface area contributed by atoms with Gasteiger partial charge in [0.05, 0.1) is 30.8 Å². The van der Waals surface area contributed by atoms with Gasteiger partial charge < -0.3 is 14.8 Å². The van der Waals surface area contributed by atoms with Crippen LogP contribution in [0.3, 0.4) is 0 Å². The minimum absolute atomic E-state index is 0.0169. The van der Waals surface area contributed by atoms with Crippen molar-refractivity contribution >= 4 is 17.5 Å². The highest BCUT2D eigenvalue weighted by Crippen LogP contribution is 2.35. The lowest BCUT2D eigenvalue weighted by molar-refractivity contribution is -0.126. The van der Waals surface area contributed by atoms with Crippen molar-refractivity contribution in [1.82, 2.24) is 15.1 Å². The third-order valence-corrected chi connectivity index (χ3v) is 3.98. The van der Waals surface area contributed by atoms with Crippen LogP contribution in [0.4, 0.5) is 0 Å². The van der Waals surface area contributed by atoms with Gasteiger partial charge in [0.1, 0.15) is 6.61 Å². The van der Waals surface area contributed by atoms with Crippen LogP contribution < -0.4 is 14.8 Å². The number of rotatable bonds is 5. The van der Waals surface area contributed by atoms with E-state index in [9.17, 15) is 4.79 Å². The zero-order valence-corrected chi connectivity index (χ0v) is 13.5. The number of para-hydroxylation sites is 1. The van der Waals surface area contributed by atoms with E-state index in [4.69, 9.17) is 21.1 Å². The van der Waals surface area contributed by atoms with Gasteiger partial charge in [0.2, 0.25) is 5.91 Å². The zero-order chi connectivity index (χ0) is 16.2. The lowest BCUT2D eigenvalue weighted by Gasteiger charge is -2.25. The molecule has 23 heavy (non-hydrogen) atoms. The lowest BCUT2D eigenvalue weighted by atomic mass is 9.95. The first-order chi connectivity index (χ1) is 11.2. The highest BCUT2D eigenvalue weighted by Gasteiger charge is 2.27.